The van der Waals surface area contributed by atoms with Crippen LogP contribution in [0.1, 0.15) is 4.88 Å². The van der Waals surface area contributed by atoms with E-state index in [1.807, 2.05) is 29.2 Å². The second-order valence-electron chi connectivity index (χ2n) is 5.18. The summed E-state index contributed by atoms with van der Waals surface area (Å²) in [4.78, 5) is 7.37. The van der Waals surface area contributed by atoms with Crippen LogP contribution in [0.3, 0.4) is 0 Å². The highest BCUT2D eigenvalue weighted by Crippen LogP contribution is 2.36. The summed E-state index contributed by atoms with van der Waals surface area (Å²) in [5.74, 6) is 0.801. The Kier molecular flexibility index (Phi) is 4.34. The van der Waals surface area contributed by atoms with E-state index in [9.17, 15) is 13.2 Å². The summed E-state index contributed by atoms with van der Waals surface area (Å²) >= 11 is 0.703. The molecule has 0 aliphatic carbocycles. The molecule has 3 rings (SSSR count). The van der Waals surface area contributed by atoms with Gasteiger partial charge in [-0.15, -0.1) is 0 Å². The fourth-order valence-corrected chi connectivity index (χ4v) is 3.33. The number of ether oxygens (including phenoxy) is 1. The van der Waals surface area contributed by atoms with Crippen LogP contribution in [-0.4, -0.2) is 38.3 Å². The number of piperazine rings is 1. The summed E-state index contributed by atoms with van der Waals surface area (Å²) in [5.41, 5.74) is 1.08. The molecule has 1 saturated heterocycles. The van der Waals surface area contributed by atoms with Gasteiger partial charge in [0.25, 0.3) is 0 Å². The molecule has 1 aliphatic rings. The maximum atomic E-state index is 12.6. The van der Waals surface area contributed by atoms with E-state index >= 15 is 0 Å². The highest BCUT2D eigenvalue weighted by atomic mass is 32.1. The Hall–Kier alpha value is -1.96. The molecule has 1 aromatic carbocycles. The van der Waals surface area contributed by atoms with E-state index < -0.39 is 11.1 Å². The third-order valence-electron chi connectivity index (χ3n) is 3.76. The normalized spacial score (nSPS) is 15.8. The van der Waals surface area contributed by atoms with Gasteiger partial charge in [0.15, 0.2) is 5.13 Å². The van der Waals surface area contributed by atoms with Gasteiger partial charge in [-0.25, -0.2) is 4.98 Å². The molecular weight excluding hydrogens is 327 g/mol. The highest BCUT2D eigenvalue weighted by molar-refractivity contribution is 7.15. The SMILES string of the molecule is COc1ccc(N2CCN(c3ncc(C(F)(F)F)s3)CC2)cc1. The minimum Gasteiger partial charge on any atom is -0.497 e. The van der Waals surface area contributed by atoms with Crippen molar-refractivity contribution in [2.24, 2.45) is 0 Å². The predicted molar refractivity (Wildman–Crippen MR) is 84.5 cm³/mol. The van der Waals surface area contributed by atoms with Crippen LogP contribution >= 0.6 is 11.3 Å². The van der Waals surface area contributed by atoms with Crippen molar-refractivity contribution >= 4 is 22.2 Å². The van der Waals surface area contributed by atoms with Crippen molar-refractivity contribution in [1.82, 2.24) is 4.98 Å². The largest absolute Gasteiger partial charge is 0.497 e. The lowest BCUT2D eigenvalue weighted by atomic mass is 10.2. The number of anilines is 2. The van der Waals surface area contributed by atoms with Crippen molar-refractivity contribution in [3.63, 3.8) is 0 Å². The second-order valence-corrected chi connectivity index (χ2v) is 6.19. The molecule has 2 heterocycles. The lowest BCUT2D eigenvalue weighted by Gasteiger charge is -2.36. The molecule has 0 radical (unpaired) electrons. The fraction of sp³-hybridized carbons (Fsp3) is 0.400. The molecule has 23 heavy (non-hydrogen) atoms. The first-order chi connectivity index (χ1) is 11.0. The van der Waals surface area contributed by atoms with Crippen molar-refractivity contribution in [2.75, 3.05) is 43.1 Å². The predicted octanol–water partition coefficient (Wildman–Crippen LogP) is 3.50. The number of hydrogen-bond donors (Lipinski definition) is 0. The zero-order valence-electron chi connectivity index (χ0n) is 12.5. The van der Waals surface area contributed by atoms with Crippen LogP contribution in [0.5, 0.6) is 5.75 Å². The number of thiazole rings is 1. The van der Waals surface area contributed by atoms with Crippen LogP contribution in [-0.2, 0) is 6.18 Å². The average Bonchev–Trinajstić information content (AvgIpc) is 3.05. The Morgan fingerprint density at radius 3 is 2.17 bits per heavy atom. The van der Waals surface area contributed by atoms with Gasteiger partial charge in [0, 0.05) is 31.9 Å². The van der Waals surface area contributed by atoms with Crippen LogP contribution in [0.25, 0.3) is 0 Å². The van der Waals surface area contributed by atoms with Crippen LogP contribution in [0.2, 0.25) is 0 Å². The molecule has 1 aromatic heterocycles. The van der Waals surface area contributed by atoms with Crippen molar-refractivity contribution in [2.45, 2.75) is 6.18 Å². The minimum atomic E-state index is -4.32. The van der Waals surface area contributed by atoms with E-state index in [1.165, 1.54) is 0 Å². The summed E-state index contributed by atoms with van der Waals surface area (Å²) in [6.07, 6.45) is -3.41. The van der Waals surface area contributed by atoms with Crippen LogP contribution in [0.4, 0.5) is 24.0 Å². The Morgan fingerprint density at radius 1 is 1.04 bits per heavy atom. The number of halogens is 3. The first kappa shape index (κ1) is 15.9. The highest BCUT2D eigenvalue weighted by Gasteiger charge is 2.34. The number of rotatable bonds is 3. The number of methoxy groups -OCH3 is 1. The zero-order chi connectivity index (χ0) is 16.4. The van der Waals surface area contributed by atoms with Gasteiger partial charge in [0.05, 0.1) is 13.3 Å². The zero-order valence-corrected chi connectivity index (χ0v) is 13.3. The molecule has 1 fully saturated rings. The summed E-state index contributed by atoms with van der Waals surface area (Å²) in [7, 11) is 1.62. The van der Waals surface area contributed by atoms with Crippen LogP contribution < -0.4 is 14.5 Å². The second kappa shape index (κ2) is 6.27. The van der Waals surface area contributed by atoms with Gasteiger partial charge in [-0.3, -0.25) is 0 Å². The molecule has 8 heteroatoms. The quantitative estimate of drug-likeness (QED) is 0.853. The topological polar surface area (TPSA) is 28.6 Å². The van der Waals surface area contributed by atoms with E-state index in [0.717, 1.165) is 30.7 Å². The molecule has 0 bridgehead atoms. The van der Waals surface area contributed by atoms with Gasteiger partial charge < -0.3 is 14.5 Å². The summed E-state index contributed by atoms with van der Waals surface area (Å²) in [6.45, 7) is 2.79. The first-order valence-corrected chi connectivity index (χ1v) is 7.96. The van der Waals surface area contributed by atoms with Crippen molar-refractivity contribution in [3.8, 4) is 5.75 Å². The van der Waals surface area contributed by atoms with Gasteiger partial charge in [-0.05, 0) is 24.3 Å². The molecule has 0 spiro atoms. The lowest BCUT2D eigenvalue weighted by Crippen LogP contribution is -2.46. The summed E-state index contributed by atoms with van der Waals surface area (Å²) in [5, 5.41) is 0.437. The Balaban J connectivity index is 1.62. The molecule has 2 aromatic rings. The van der Waals surface area contributed by atoms with E-state index in [2.05, 4.69) is 9.88 Å². The van der Waals surface area contributed by atoms with E-state index in [0.29, 0.717) is 29.6 Å². The summed E-state index contributed by atoms with van der Waals surface area (Å²) in [6, 6.07) is 7.77. The number of benzene rings is 1. The maximum Gasteiger partial charge on any atom is 0.427 e. The average molecular weight is 343 g/mol. The maximum absolute atomic E-state index is 12.6. The lowest BCUT2D eigenvalue weighted by molar-refractivity contribution is -0.134. The fourth-order valence-electron chi connectivity index (χ4n) is 2.49. The molecule has 0 amide bonds. The standard InChI is InChI=1S/C15H16F3N3OS/c1-22-12-4-2-11(3-5-12)20-6-8-21(9-7-20)14-19-10-13(23-14)15(16,17)18/h2-5,10H,6-9H2,1H3. The molecular formula is C15H16F3N3OS. The third kappa shape index (κ3) is 3.52. The van der Waals surface area contributed by atoms with Gasteiger partial charge in [-0.1, -0.05) is 11.3 Å². The third-order valence-corrected chi connectivity index (χ3v) is 4.86. The number of alkyl halides is 3. The van der Waals surface area contributed by atoms with Gasteiger partial charge in [0.2, 0.25) is 0 Å². The molecule has 0 saturated carbocycles. The molecule has 1 aliphatic heterocycles. The Morgan fingerprint density at radius 2 is 1.65 bits per heavy atom. The minimum absolute atomic E-state index is 0.437. The van der Waals surface area contributed by atoms with Crippen LogP contribution in [0, 0.1) is 0 Å². The Labute approximate surface area is 136 Å². The number of nitrogens with zero attached hydrogens (tertiary/aromatic N) is 3. The molecule has 0 atom stereocenters. The number of hydrogen-bond acceptors (Lipinski definition) is 5. The van der Waals surface area contributed by atoms with Crippen LogP contribution in [0.15, 0.2) is 30.5 Å². The molecule has 4 nitrogen and oxygen atoms in total. The first-order valence-electron chi connectivity index (χ1n) is 7.14. The van der Waals surface area contributed by atoms with Crippen molar-refractivity contribution < 1.29 is 17.9 Å². The van der Waals surface area contributed by atoms with Crippen molar-refractivity contribution in [1.29, 1.82) is 0 Å². The molecule has 0 unspecified atom stereocenters. The van der Waals surface area contributed by atoms with E-state index in [1.54, 1.807) is 7.11 Å². The van der Waals surface area contributed by atoms with E-state index in [-0.39, 0.29) is 0 Å². The summed E-state index contributed by atoms with van der Waals surface area (Å²) < 4.78 is 43.1. The smallest absolute Gasteiger partial charge is 0.427 e. The molecule has 124 valence electrons. The van der Waals surface area contributed by atoms with E-state index in [4.69, 9.17) is 4.74 Å². The van der Waals surface area contributed by atoms with Gasteiger partial charge in [0.1, 0.15) is 10.6 Å². The molecule has 0 N–H and O–H groups in total. The van der Waals surface area contributed by atoms with Gasteiger partial charge >= 0.3 is 6.18 Å². The Bertz CT molecular complexity index is 649. The monoisotopic (exact) mass is 343 g/mol. The number of aromatic nitrogens is 1. The van der Waals surface area contributed by atoms with Gasteiger partial charge in [-0.2, -0.15) is 13.2 Å². The van der Waals surface area contributed by atoms with Crippen molar-refractivity contribution in [3.05, 3.63) is 35.3 Å².